The zero-order valence-corrected chi connectivity index (χ0v) is 36.2. The number of hydrogen-bond acceptors (Lipinski definition) is 6. The van der Waals surface area contributed by atoms with Crippen LogP contribution in [-0.4, -0.2) is 54.8 Å². The van der Waals surface area contributed by atoms with Gasteiger partial charge in [0.25, 0.3) is 8.32 Å². The van der Waals surface area contributed by atoms with Gasteiger partial charge in [-0.25, -0.2) is 0 Å². The van der Waals surface area contributed by atoms with Gasteiger partial charge in [-0.3, -0.25) is 0 Å². The Morgan fingerprint density at radius 1 is 0.544 bits per heavy atom. The summed E-state index contributed by atoms with van der Waals surface area (Å²) in [6, 6.07) is 48.5. The molecule has 5 aromatic carbocycles. The minimum Gasteiger partial charge on any atom is -0.497 e. The molecule has 5 atom stereocenters. The van der Waals surface area contributed by atoms with Gasteiger partial charge < -0.3 is 28.1 Å². The first-order chi connectivity index (χ1) is 27.5. The summed E-state index contributed by atoms with van der Waals surface area (Å²) in [6.07, 6.45) is 1.25. The topological polar surface area (TPSA) is 55.4 Å². The summed E-state index contributed by atoms with van der Waals surface area (Å²) in [5, 5.41) is 2.55. The Hall–Kier alpha value is -4.24. The summed E-state index contributed by atoms with van der Waals surface area (Å²) in [5.41, 5.74) is 2.10. The lowest BCUT2D eigenvalue weighted by Crippen LogP contribution is -2.66. The molecule has 0 saturated carbocycles. The van der Waals surface area contributed by atoms with E-state index in [1.54, 1.807) is 14.2 Å². The smallest absolute Gasteiger partial charge is 0.261 e. The Morgan fingerprint density at radius 3 is 1.47 bits per heavy atom. The van der Waals surface area contributed by atoms with Crippen molar-refractivity contribution in [3.05, 3.63) is 156 Å². The van der Waals surface area contributed by atoms with Gasteiger partial charge in [-0.05, 0) is 81.0 Å². The lowest BCUT2D eigenvalue weighted by atomic mass is 9.78. The van der Waals surface area contributed by atoms with Crippen LogP contribution in [0.4, 0.5) is 0 Å². The quantitative estimate of drug-likeness (QED) is 0.0532. The standard InChI is InChI=1S/C50H62O6Si/c1-37-38(2)47(36-54-50(40-20-12-9-13-21-40,41-26-30-43(51-7)31-27-41)42-28-32-44(52-8)33-29-42)56-48(39(37)3)53-34-18-19-35-55-57(49(4,5)6,45-22-14-10-15-23-45)46-24-16-11-17-25-46/h9-17,20-33,37-39,47-48H,18-19,34-36H2,1-8H3. The predicted molar refractivity (Wildman–Crippen MR) is 233 cm³/mol. The summed E-state index contributed by atoms with van der Waals surface area (Å²) >= 11 is 0. The van der Waals surface area contributed by atoms with E-state index in [4.69, 9.17) is 28.1 Å². The van der Waals surface area contributed by atoms with E-state index in [-0.39, 0.29) is 29.3 Å². The van der Waals surface area contributed by atoms with Crippen molar-refractivity contribution in [3.8, 4) is 11.5 Å². The summed E-state index contributed by atoms with van der Waals surface area (Å²) in [7, 11) is 0.795. The zero-order chi connectivity index (χ0) is 40.5. The number of ether oxygens (including phenoxy) is 5. The first kappa shape index (κ1) is 42.4. The van der Waals surface area contributed by atoms with E-state index in [1.807, 2.05) is 30.3 Å². The van der Waals surface area contributed by atoms with Crippen LogP contribution >= 0.6 is 0 Å². The monoisotopic (exact) mass is 786 g/mol. The van der Waals surface area contributed by atoms with Gasteiger partial charge in [-0.15, -0.1) is 0 Å². The van der Waals surface area contributed by atoms with E-state index in [0.717, 1.165) is 41.0 Å². The minimum atomic E-state index is -2.58. The van der Waals surface area contributed by atoms with Crippen molar-refractivity contribution in [1.82, 2.24) is 0 Å². The van der Waals surface area contributed by atoms with E-state index in [2.05, 4.69) is 151 Å². The zero-order valence-electron chi connectivity index (χ0n) is 35.2. The molecule has 0 radical (unpaired) electrons. The first-order valence-corrected chi connectivity index (χ1v) is 22.5. The molecule has 302 valence electrons. The lowest BCUT2D eigenvalue weighted by molar-refractivity contribution is -0.261. The van der Waals surface area contributed by atoms with Crippen molar-refractivity contribution in [3.63, 3.8) is 0 Å². The molecule has 6 rings (SSSR count). The highest BCUT2D eigenvalue weighted by Gasteiger charge is 2.50. The van der Waals surface area contributed by atoms with Gasteiger partial charge in [0.15, 0.2) is 6.29 Å². The second kappa shape index (κ2) is 19.0. The highest BCUT2D eigenvalue weighted by molar-refractivity contribution is 6.99. The van der Waals surface area contributed by atoms with Crippen LogP contribution in [0, 0.1) is 17.8 Å². The number of methoxy groups -OCH3 is 2. The van der Waals surface area contributed by atoms with Crippen LogP contribution in [0.25, 0.3) is 0 Å². The maximum absolute atomic E-state index is 7.29. The second-order valence-corrected chi connectivity index (χ2v) is 20.8. The molecule has 1 aliphatic heterocycles. The van der Waals surface area contributed by atoms with Crippen LogP contribution in [0.15, 0.2) is 140 Å². The van der Waals surface area contributed by atoms with Gasteiger partial charge in [-0.1, -0.05) is 157 Å². The van der Waals surface area contributed by atoms with Crippen LogP contribution in [0.2, 0.25) is 5.04 Å². The fourth-order valence-corrected chi connectivity index (χ4v) is 13.1. The van der Waals surface area contributed by atoms with Gasteiger partial charge in [0, 0.05) is 19.1 Å². The Morgan fingerprint density at radius 2 is 1.00 bits per heavy atom. The Kier molecular flexibility index (Phi) is 14.1. The van der Waals surface area contributed by atoms with E-state index in [9.17, 15) is 0 Å². The van der Waals surface area contributed by atoms with Gasteiger partial charge in [0.2, 0.25) is 0 Å². The highest BCUT2D eigenvalue weighted by Crippen LogP contribution is 2.44. The third-order valence-corrected chi connectivity index (χ3v) is 17.2. The van der Waals surface area contributed by atoms with Crippen LogP contribution in [0.5, 0.6) is 11.5 Å². The average molecular weight is 787 g/mol. The number of unbranched alkanes of at least 4 members (excludes halogenated alkanes) is 1. The molecular formula is C50H62O6Si. The Balaban J connectivity index is 1.17. The summed E-state index contributed by atoms with van der Waals surface area (Å²) in [6.45, 7) is 15.4. The van der Waals surface area contributed by atoms with E-state index < -0.39 is 13.9 Å². The van der Waals surface area contributed by atoms with Crippen molar-refractivity contribution in [1.29, 1.82) is 0 Å². The second-order valence-electron chi connectivity index (χ2n) is 16.5. The molecule has 57 heavy (non-hydrogen) atoms. The Bertz CT molecular complexity index is 1840. The Labute approximate surface area is 342 Å². The lowest BCUT2D eigenvalue weighted by Gasteiger charge is -2.45. The van der Waals surface area contributed by atoms with Crippen molar-refractivity contribution in [2.45, 2.75) is 77.4 Å². The molecule has 7 heteroatoms. The van der Waals surface area contributed by atoms with Crippen LogP contribution in [0.1, 0.15) is 71.1 Å². The number of benzene rings is 5. The van der Waals surface area contributed by atoms with Crippen molar-refractivity contribution < 1.29 is 28.1 Å². The summed E-state index contributed by atoms with van der Waals surface area (Å²) in [4.78, 5) is 0. The molecular weight excluding hydrogens is 725 g/mol. The molecule has 1 saturated heterocycles. The normalized spacial score (nSPS) is 20.2. The highest BCUT2D eigenvalue weighted by atomic mass is 28.4. The molecule has 0 N–H and O–H groups in total. The van der Waals surface area contributed by atoms with Crippen molar-refractivity contribution in [2.75, 3.05) is 34.0 Å². The number of hydrogen-bond donors (Lipinski definition) is 0. The van der Waals surface area contributed by atoms with Crippen LogP contribution in [-0.2, 0) is 24.2 Å². The summed E-state index contributed by atoms with van der Waals surface area (Å²) in [5.74, 6) is 2.42. The molecule has 1 fully saturated rings. The molecule has 1 aliphatic rings. The van der Waals surface area contributed by atoms with Crippen molar-refractivity contribution in [2.24, 2.45) is 17.8 Å². The minimum absolute atomic E-state index is 0.0552. The van der Waals surface area contributed by atoms with Gasteiger partial charge in [0.05, 0.1) is 26.9 Å². The third kappa shape index (κ3) is 9.09. The van der Waals surface area contributed by atoms with E-state index >= 15 is 0 Å². The SMILES string of the molecule is COc1ccc(C(OCC2OC(OCCCCO[Si](c3ccccc3)(c3ccccc3)C(C)(C)C)C(C)C(C)C2C)(c2ccccc2)c2ccc(OC)cc2)cc1. The van der Waals surface area contributed by atoms with Gasteiger partial charge >= 0.3 is 0 Å². The molecule has 0 spiro atoms. The third-order valence-electron chi connectivity index (χ3n) is 12.2. The molecule has 1 heterocycles. The fraction of sp³-hybridized carbons (Fsp3) is 0.400. The fourth-order valence-electron chi connectivity index (χ4n) is 8.54. The molecule has 6 nitrogen and oxygen atoms in total. The molecule has 0 amide bonds. The molecule has 5 unspecified atom stereocenters. The van der Waals surface area contributed by atoms with Crippen LogP contribution in [0.3, 0.4) is 0 Å². The predicted octanol–water partition coefficient (Wildman–Crippen LogP) is 10.0. The number of rotatable bonds is 17. The van der Waals surface area contributed by atoms with E-state index in [0.29, 0.717) is 25.7 Å². The molecule has 0 aromatic heterocycles. The summed E-state index contributed by atoms with van der Waals surface area (Å²) < 4.78 is 39.0. The van der Waals surface area contributed by atoms with Gasteiger partial charge in [-0.2, -0.15) is 0 Å². The van der Waals surface area contributed by atoms with Crippen LogP contribution < -0.4 is 19.8 Å². The van der Waals surface area contributed by atoms with E-state index in [1.165, 1.54) is 10.4 Å². The maximum atomic E-state index is 7.29. The molecule has 0 aliphatic carbocycles. The largest absolute Gasteiger partial charge is 0.497 e. The maximum Gasteiger partial charge on any atom is 0.261 e. The first-order valence-electron chi connectivity index (χ1n) is 20.6. The average Bonchev–Trinajstić information content (AvgIpc) is 3.25. The molecule has 5 aromatic rings. The van der Waals surface area contributed by atoms with Gasteiger partial charge in [0.1, 0.15) is 17.1 Å². The molecule has 0 bridgehead atoms. The van der Waals surface area contributed by atoms with Crippen molar-refractivity contribution >= 4 is 18.7 Å².